The molecule has 0 saturated heterocycles. The molecule has 0 unspecified atom stereocenters. The number of rotatable bonds is 9. The van der Waals surface area contributed by atoms with Crippen LogP contribution in [-0.4, -0.2) is 25.8 Å². The summed E-state index contributed by atoms with van der Waals surface area (Å²) < 4.78 is 0. The Bertz CT molecular complexity index is 1750. The van der Waals surface area contributed by atoms with Crippen molar-refractivity contribution in [2.45, 2.75) is 79.6 Å². The number of ketones is 1. The van der Waals surface area contributed by atoms with Crippen molar-refractivity contribution in [1.82, 2.24) is 15.0 Å². The Morgan fingerprint density at radius 3 is 2.22 bits per heavy atom. The summed E-state index contributed by atoms with van der Waals surface area (Å²) in [5.41, 5.74) is 4.84. The number of hydrogen-bond acceptors (Lipinski definition) is 6. The number of aromatic nitrogens is 3. The number of allylic oxidation sites excluding steroid dienone is 2. The average Bonchev–Trinajstić information content (AvgIpc) is 3.50. The fourth-order valence-corrected chi connectivity index (χ4v) is 6.17. The average molecular weight is 799 g/mol. The SMILES string of the molecule is CC(C)(C)c1cc(-c2cc(-c3ccc4ccsc4n3)ncn2)[c-]c2ccccc12.CCC(CC)C(=O)/C=C(\O)C(CC)CC.[Ir]. The Morgan fingerprint density at radius 1 is 0.889 bits per heavy atom. The molecule has 3 aromatic heterocycles. The molecular formula is C38H44IrN3O2S-. The van der Waals surface area contributed by atoms with Crippen molar-refractivity contribution in [2.24, 2.45) is 11.8 Å². The molecule has 7 heteroatoms. The predicted octanol–water partition coefficient (Wildman–Crippen LogP) is 10.5. The summed E-state index contributed by atoms with van der Waals surface area (Å²) in [5.74, 6) is 0.547. The predicted molar refractivity (Wildman–Crippen MR) is 185 cm³/mol. The van der Waals surface area contributed by atoms with Crippen molar-refractivity contribution in [2.75, 3.05) is 0 Å². The summed E-state index contributed by atoms with van der Waals surface area (Å²) in [6, 6.07) is 22.4. The Hall–Kier alpha value is -3.25. The number of carbonyl (C=O) groups is 1. The van der Waals surface area contributed by atoms with Gasteiger partial charge in [0.15, 0.2) is 5.78 Å². The molecule has 5 aromatic rings. The van der Waals surface area contributed by atoms with Crippen LogP contribution in [0.3, 0.4) is 0 Å². The van der Waals surface area contributed by atoms with Gasteiger partial charge in [0.05, 0.1) is 17.1 Å². The molecule has 0 fully saturated rings. The van der Waals surface area contributed by atoms with Crippen LogP contribution in [0.25, 0.3) is 43.6 Å². The van der Waals surface area contributed by atoms with Gasteiger partial charge in [0.2, 0.25) is 0 Å². The van der Waals surface area contributed by atoms with Crippen LogP contribution >= 0.6 is 11.3 Å². The molecule has 5 rings (SSSR count). The van der Waals surface area contributed by atoms with E-state index < -0.39 is 0 Å². The third-order valence-electron chi connectivity index (χ3n) is 8.19. The van der Waals surface area contributed by atoms with Crippen LogP contribution in [0, 0.1) is 17.9 Å². The summed E-state index contributed by atoms with van der Waals surface area (Å²) in [7, 11) is 0. The van der Waals surface area contributed by atoms with Crippen LogP contribution in [0.15, 0.2) is 78.1 Å². The monoisotopic (exact) mass is 799 g/mol. The number of thiophene rings is 1. The number of nitrogens with zero attached hydrogens (tertiary/aromatic N) is 3. The standard InChI is InChI=1S/C25H20N3S.C13H24O2.Ir/c1-25(2,3)20-13-18(12-17-6-4-5-7-19(17)20)22-14-23(27-15-26-22)21-9-8-16-10-11-29-24(16)28-21;1-5-10(6-2)12(14)9-13(15)11(7-3)8-4;/h4-11,13-15H,1-3H3;9-11,14H,5-8H2,1-4H3;/q-1;;/b;12-9-;. The van der Waals surface area contributed by atoms with Crippen LogP contribution in [0.2, 0.25) is 0 Å². The van der Waals surface area contributed by atoms with E-state index in [1.807, 2.05) is 39.8 Å². The van der Waals surface area contributed by atoms with Crippen LogP contribution < -0.4 is 0 Å². The molecule has 0 aliphatic carbocycles. The van der Waals surface area contributed by atoms with E-state index >= 15 is 0 Å². The third-order valence-corrected chi connectivity index (χ3v) is 9.01. The summed E-state index contributed by atoms with van der Waals surface area (Å²) in [6.45, 7) is 14.8. The van der Waals surface area contributed by atoms with E-state index in [-0.39, 0.29) is 48.9 Å². The Balaban J connectivity index is 0.000000297. The van der Waals surface area contributed by atoms with Gasteiger partial charge in [-0.3, -0.25) is 9.78 Å². The first kappa shape index (κ1) is 36.2. The number of aliphatic hydroxyl groups is 1. The van der Waals surface area contributed by atoms with Gasteiger partial charge in [0.1, 0.15) is 11.2 Å². The van der Waals surface area contributed by atoms with Crippen LogP contribution in [0.5, 0.6) is 0 Å². The maximum absolute atomic E-state index is 11.7. The molecular weight excluding hydrogens is 755 g/mol. The Morgan fingerprint density at radius 2 is 1.56 bits per heavy atom. The third kappa shape index (κ3) is 8.94. The fraction of sp³-hybridized carbons (Fsp3) is 0.368. The summed E-state index contributed by atoms with van der Waals surface area (Å²) in [5, 5.41) is 15.3. The van der Waals surface area contributed by atoms with E-state index in [0.717, 1.165) is 63.9 Å². The number of aliphatic hydroxyl groups excluding tert-OH is 1. The molecule has 0 spiro atoms. The molecule has 0 aliphatic rings. The summed E-state index contributed by atoms with van der Waals surface area (Å²) >= 11 is 1.64. The van der Waals surface area contributed by atoms with Gasteiger partial charge < -0.3 is 5.11 Å². The second-order valence-corrected chi connectivity index (χ2v) is 13.1. The van der Waals surface area contributed by atoms with E-state index in [1.165, 1.54) is 17.0 Å². The summed E-state index contributed by atoms with van der Waals surface area (Å²) in [4.78, 5) is 26.5. The molecule has 3 heterocycles. The topological polar surface area (TPSA) is 76.0 Å². The van der Waals surface area contributed by atoms with Gasteiger partial charge in [-0.05, 0) is 60.7 Å². The van der Waals surface area contributed by atoms with Crippen molar-refractivity contribution in [3.8, 4) is 22.6 Å². The minimum absolute atomic E-state index is 0. The molecule has 45 heavy (non-hydrogen) atoms. The minimum atomic E-state index is 0. The van der Waals surface area contributed by atoms with Crippen molar-refractivity contribution < 1.29 is 30.0 Å². The van der Waals surface area contributed by atoms with Crippen LogP contribution in [-0.2, 0) is 30.3 Å². The molecule has 239 valence electrons. The molecule has 0 aliphatic heterocycles. The molecule has 5 nitrogen and oxygen atoms in total. The van der Waals surface area contributed by atoms with E-state index in [4.69, 9.17) is 4.98 Å². The van der Waals surface area contributed by atoms with E-state index in [2.05, 4.69) is 84.7 Å². The van der Waals surface area contributed by atoms with Gasteiger partial charge in [-0.1, -0.05) is 77.6 Å². The van der Waals surface area contributed by atoms with Gasteiger partial charge in [-0.25, -0.2) is 9.97 Å². The molecule has 2 aromatic carbocycles. The number of fused-ring (bicyclic) bond motifs is 2. The Labute approximate surface area is 285 Å². The van der Waals surface area contributed by atoms with Gasteiger partial charge >= 0.3 is 0 Å². The second-order valence-electron chi connectivity index (χ2n) is 12.2. The number of pyridine rings is 1. The van der Waals surface area contributed by atoms with Crippen LogP contribution in [0.1, 0.15) is 79.7 Å². The zero-order valence-electron chi connectivity index (χ0n) is 27.4. The van der Waals surface area contributed by atoms with Crippen molar-refractivity contribution >= 4 is 38.1 Å². The second kappa shape index (κ2) is 16.4. The number of hydrogen-bond donors (Lipinski definition) is 1. The van der Waals surface area contributed by atoms with Gasteiger partial charge in [0.25, 0.3) is 0 Å². The molecule has 1 N–H and O–H groups in total. The van der Waals surface area contributed by atoms with Crippen molar-refractivity contribution in [3.05, 3.63) is 89.8 Å². The van der Waals surface area contributed by atoms with Gasteiger partial charge in [-0.2, -0.15) is 0 Å². The fourth-order valence-electron chi connectivity index (χ4n) is 5.40. The first-order chi connectivity index (χ1) is 21.1. The maximum atomic E-state index is 11.7. The normalized spacial score (nSPS) is 11.9. The molecule has 0 bridgehead atoms. The quantitative estimate of drug-likeness (QED) is 0.0913. The maximum Gasteiger partial charge on any atom is 0.162 e. The number of benzene rings is 2. The zero-order valence-corrected chi connectivity index (χ0v) is 30.6. The smallest absolute Gasteiger partial charge is 0.162 e. The molecule has 0 saturated carbocycles. The number of carbonyl (C=O) groups excluding carboxylic acids is 1. The Kier molecular flexibility index (Phi) is 13.2. The molecule has 1 radical (unpaired) electrons. The zero-order chi connectivity index (χ0) is 31.9. The first-order valence-electron chi connectivity index (χ1n) is 15.7. The van der Waals surface area contributed by atoms with Crippen molar-refractivity contribution in [3.63, 3.8) is 0 Å². The van der Waals surface area contributed by atoms with E-state index in [1.54, 1.807) is 17.7 Å². The molecule has 0 amide bonds. The van der Waals surface area contributed by atoms with Crippen LogP contribution in [0.4, 0.5) is 0 Å². The summed E-state index contributed by atoms with van der Waals surface area (Å²) in [6.07, 6.45) is 6.52. The van der Waals surface area contributed by atoms with E-state index in [0.29, 0.717) is 0 Å². The van der Waals surface area contributed by atoms with Gasteiger partial charge in [0, 0.05) is 49.1 Å². The largest absolute Gasteiger partial charge is 0.512 e. The van der Waals surface area contributed by atoms with Crippen molar-refractivity contribution in [1.29, 1.82) is 0 Å². The molecule has 0 atom stereocenters. The van der Waals surface area contributed by atoms with E-state index in [9.17, 15) is 9.90 Å². The van der Waals surface area contributed by atoms with Gasteiger partial charge in [-0.15, -0.1) is 40.5 Å². The first-order valence-corrected chi connectivity index (χ1v) is 16.5. The minimum Gasteiger partial charge on any atom is -0.512 e.